The molecule has 1 N–H and O–H groups in total. The number of hydrogen-bond donors (Lipinski definition) is 1. The molecule has 1 heterocycles. The zero-order valence-corrected chi connectivity index (χ0v) is 15.2. The quantitative estimate of drug-likeness (QED) is 0.670. The topological polar surface area (TPSA) is 36.9 Å². The molecule has 0 aliphatic carbocycles. The third kappa shape index (κ3) is 4.96. The summed E-state index contributed by atoms with van der Waals surface area (Å²) in [6.07, 6.45) is 1.15. The van der Waals surface area contributed by atoms with Crippen molar-refractivity contribution in [2.24, 2.45) is 10.9 Å². The fourth-order valence-electron chi connectivity index (χ4n) is 2.99. The van der Waals surface area contributed by atoms with E-state index in [2.05, 4.69) is 67.3 Å². The Balaban J connectivity index is 1.92. The number of nitrogens with one attached hydrogen (secondary N) is 1. The molecule has 128 valence electrons. The zero-order chi connectivity index (χ0) is 16.9. The Kier molecular flexibility index (Phi) is 6.05. The van der Waals surface area contributed by atoms with Crippen molar-refractivity contribution >= 4 is 5.96 Å². The summed E-state index contributed by atoms with van der Waals surface area (Å²) in [6.45, 7) is 10.3. The summed E-state index contributed by atoms with van der Waals surface area (Å²) >= 11 is 0. The van der Waals surface area contributed by atoms with Crippen molar-refractivity contribution in [2.75, 3.05) is 40.4 Å². The second-order valence-electron chi connectivity index (χ2n) is 7.26. The first-order valence-corrected chi connectivity index (χ1v) is 8.49. The highest BCUT2D eigenvalue weighted by atomic mass is 16.5. The smallest absolute Gasteiger partial charge is 0.193 e. The second-order valence-corrected chi connectivity index (χ2v) is 7.26. The van der Waals surface area contributed by atoms with Crippen LogP contribution in [0.4, 0.5) is 0 Å². The third-order valence-corrected chi connectivity index (χ3v) is 4.65. The van der Waals surface area contributed by atoms with Crippen molar-refractivity contribution in [3.05, 3.63) is 35.4 Å². The molecule has 1 aliphatic rings. The minimum atomic E-state index is 0.0565. The van der Waals surface area contributed by atoms with Crippen molar-refractivity contribution in [3.8, 4) is 0 Å². The van der Waals surface area contributed by atoms with Crippen LogP contribution in [0.25, 0.3) is 0 Å². The van der Waals surface area contributed by atoms with E-state index in [0.717, 1.165) is 38.7 Å². The lowest BCUT2D eigenvalue weighted by Crippen LogP contribution is -2.45. The summed E-state index contributed by atoms with van der Waals surface area (Å²) in [7, 11) is 3.95. The fourth-order valence-corrected chi connectivity index (χ4v) is 2.99. The maximum atomic E-state index is 5.47. The van der Waals surface area contributed by atoms with E-state index in [1.807, 2.05) is 7.05 Å². The Hall–Kier alpha value is -1.55. The highest BCUT2D eigenvalue weighted by Gasteiger charge is 2.23. The molecule has 2 rings (SSSR count). The van der Waals surface area contributed by atoms with Gasteiger partial charge in [-0.1, -0.05) is 43.7 Å². The average Bonchev–Trinajstić information content (AvgIpc) is 3.01. The first-order valence-electron chi connectivity index (χ1n) is 8.49. The van der Waals surface area contributed by atoms with Crippen LogP contribution in [0.5, 0.6) is 0 Å². The number of rotatable bonds is 5. The molecule has 1 saturated heterocycles. The van der Waals surface area contributed by atoms with E-state index in [-0.39, 0.29) is 5.41 Å². The Labute approximate surface area is 140 Å². The highest BCUT2D eigenvalue weighted by molar-refractivity contribution is 5.79. The second kappa shape index (κ2) is 7.82. The summed E-state index contributed by atoms with van der Waals surface area (Å²) in [5.74, 6) is 1.57. The summed E-state index contributed by atoms with van der Waals surface area (Å²) in [5, 5.41) is 3.53. The average molecular weight is 317 g/mol. The number of hydrogen-bond acceptors (Lipinski definition) is 2. The van der Waals surface area contributed by atoms with Gasteiger partial charge in [0.2, 0.25) is 0 Å². The van der Waals surface area contributed by atoms with Crippen LogP contribution >= 0.6 is 0 Å². The van der Waals surface area contributed by atoms with E-state index >= 15 is 0 Å². The molecule has 0 bridgehead atoms. The predicted octanol–water partition coefficient (Wildman–Crippen LogP) is 2.82. The maximum Gasteiger partial charge on any atom is 0.193 e. The zero-order valence-electron chi connectivity index (χ0n) is 15.2. The van der Waals surface area contributed by atoms with Gasteiger partial charge in [0.1, 0.15) is 0 Å². The van der Waals surface area contributed by atoms with Gasteiger partial charge in [-0.3, -0.25) is 4.99 Å². The first kappa shape index (κ1) is 17.8. The van der Waals surface area contributed by atoms with E-state index < -0.39 is 0 Å². The molecule has 4 heteroatoms. The van der Waals surface area contributed by atoms with Crippen LogP contribution in [0.3, 0.4) is 0 Å². The highest BCUT2D eigenvalue weighted by Crippen LogP contribution is 2.22. The monoisotopic (exact) mass is 317 g/mol. The Bertz CT molecular complexity index is 516. The molecule has 23 heavy (non-hydrogen) atoms. The van der Waals surface area contributed by atoms with Gasteiger partial charge < -0.3 is 15.0 Å². The molecule has 1 aromatic carbocycles. The van der Waals surface area contributed by atoms with Crippen LogP contribution < -0.4 is 5.32 Å². The van der Waals surface area contributed by atoms with Gasteiger partial charge in [0.05, 0.1) is 6.61 Å². The van der Waals surface area contributed by atoms with Crippen molar-refractivity contribution in [2.45, 2.75) is 32.6 Å². The Morgan fingerprint density at radius 3 is 2.61 bits per heavy atom. The molecule has 0 saturated carbocycles. The minimum absolute atomic E-state index is 0.0565. The number of nitrogens with zero attached hydrogens (tertiary/aromatic N) is 2. The normalized spacial score (nSPS) is 19.0. The Morgan fingerprint density at radius 1 is 1.35 bits per heavy atom. The van der Waals surface area contributed by atoms with Crippen LogP contribution in [0.15, 0.2) is 29.3 Å². The summed E-state index contributed by atoms with van der Waals surface area (Å²) in [6, 6.07) is 8.80. The van der Waals surface area contributed by atoms with Crippen LogP contribution in [-0.2, 0) is 10.2 Å². The Morgan fingerprint density at radius 2 is 2.04 bits per heavy atom. The lowest BCUT2D eigenvalue weighted by atomic mass is 9.84. The SMILES string of the molecule is CN=C(NCC(C)(C)c1ccc(C)cc1)N(C)CC1CCOC1. The third-order valence-electron chi connectivity index (χ3n) is 4.65. The van der Waals surface area contributed by atoms with Gasteiger partial charge >= 0.3 is 0 Å². The molecule has 1 unspecified atom stereocenters. The number of benzene rings is 1. The van der Waals surface area contributed by atoms with E-state index in [1.165, 1.54) is 11.1 Å². The van der Waals surface area contributed by atoms with E-state index in [1.54, 1.807) is 0 Å². The van der Waals surface area contributed by atoms with Gasteiger partial charge in [-0.05, 0) is 18.9 Å². The molecule has 1 aliphatic heterocycles. The lowest BCUT2D eigenvalue weighted by molar-refractivity contribution is 0.181. The van der Waals surface area contributed by atoms with Gasteiger partial charge in [0, 0.05) is 45.1 Å². The molecule has 1 atom stereocenters. The van der Waals surface area contributed by atoms with Crippen molar-refractivity contribution in [3.63, 3.8) is 0 Å². The maximum absolute atomic E-state index is 5.47. The van der Waals surface area contributed by atoms with E-state index in [4.69, 9.17) is 4.74 Å². The number of aliphatic imine (C=N–C) groups is 1. The van der Waals surface area contributed by atoms with Crippen LogP contribution in [0.1, 0.15) is 31.4 Å². The molecule has 0 amide bonds. The minimum Gasteiger partial charge on any atom is -0.381 e. The fraction of sp³-hybridized carbons (Fsp3) is 0.632. The van der Waals surface area contributed by atoms with Gasteiger partial charge in [-0.2, -0.15) is 0 Å². The molecule has 0 radical (unpaired) electrons. The van der Waals surface area contributed by atoms with Crippen LogP contribution in [0, 0.1) is 12.8 Å². The molecule has 1 fully saturated rings. The van der Waals surface area contributed by atoms with Crippen LogP contribution in [-0.4, -0.2) is 51.3 Å². The van der Waals surface area contributed by atoms with Crippen LogP contribution in [0.2, 0.25) is 0 Å². The van der Waals surface area contributed by atoms with Crippen molar-refractivity contribution in [1.29, 1.82) is 0 Å². The first-order chi connectivity index (χ1) is 10.9. The van der Waals surface area contributed by atoms with Gasteiger partial charge in [0.25, 0.3) is 0 Å². The molecular formula is C19H31N3O. The lowest BCUT2D eigenvalue weighted by Gasteiger charge is -2.30. The molecule has 1 aromatic rings. The van der Waals surface area contributed by atoms with E-state index in [9.17, 15) is 0 Å². The van der Waals surface area contributed by atoms with Gasteiger partial charge in [0.15, 0.2) is 5.96 Å². The molecule has 0 spiro atoms. The summed E-state index contributed by atoms with van der Waals surface area (Å²) in [5.41, 5.74) is 2.70. The standard InChI is InChI=1S/C19H31N3O/c1-15-6-8-17(9-7-15)19(2,3)14-21-18(20-4)22(5)12-16-10-11-23-13-16/h6-9,16H,10-14H2,1-5H3,(H,20,21). The van der Waals surface area contributed by atoms with Crippen molar-refractivity contribution in [1.82, 2.24) is 10.2 Å². The van der Waals surface area contributed by atoms with Crippen molar-refractivity contribution < 1.29 is 4.74 Å². The summed E-state index contributed by atoms with van der Waals surface area (Å²) < 4.78 is 5.47. The molecular weight excluding hydrogens is 286 g/mol. The predicted molar refractivity (Wildman–Crippen MR) is 97.1 cm³/mol. The number of guanidine groups is 1. The number of ether oxygens (including phenoxy) is 1. The van der Waals surface area contributed by atoms with E-state index in [0.29, 0.717) is 5.92 Å². The summed E-state index contributed by atoms with van der Waals surface area (Å²) in [4.78, 5) is 6.64. The molecule has 4 nitrogen and oxygen atoms in total. The molecule has 0 aromatic heterocycles. The van der Waals surface area contributed by atoms with Gasteiger partial charge in [-0.15, -0.1) is 0 Å². The largest absolute Gasteiger partial charge is 0.381 e. The number of aryl methyl sites for hydroxylation is 1. The van der Waals surface area contributed by atoms with Gasteiger partial charge in [-0.25, -0.2) is 0 Å².